The molecule has 0 atom stereocenters. The molecule has 116 valence electrons. The third-order valence-corrected chi connectivity index (χ3v) is 3.35. The average Bonchev–Trinajstić information content (AvgIpc) is 2.46. The van der Waals surface area contributed by atoms with E-state index in [1.807, 2.05) is 50.2 Å². The summed E-state index contributed by atoms with van der Waals surface area (Å²) in [5.41, 5.74) is 1.68. The molecule has 0 saturated heterocycles. The lowest BCUT2D eigenvalue weighted by Crippen LogP contribution is -2.32. The van der Waals surface area contributed by atoms with E-state index < -0.39 is 0 Å². The lowest BCUT2D eigenvalue weighted by Gasteiger charge is -2.17. The van der Waals surface area contributed by atoms with Gasteiger partial charge in [-0.15, -0.1) is 0 Å². The van der Waals surface area contributed by atoms with E-state index >= 15 is 0 Å². The van der Waals surface area contributed by atoms with Crippen molar-refractivity contribution in [2.45, 2.75) is 20.8 Å². The largest absolute Gasteiger partial charge is 0.366 e. The fourth-order valence-corrected chi connectivity index (χ4v) is 1.76. The topological polar surface area (TPSA) is 47.9 Å². The first-order chi connectivity index (χ1) is 9.96. The van der Waals surface area contributed by atoms with Crippen molar-refractivity contribution < 1.29 is 4.79 Å². The van der Waals surface area contributed by atoms with Gasteiger partial charge in [0.25, 0.3) is 0 Å². The lowest BCUT2D eigenvalue weighted by atomic mass is 10.3. The van der Waals surface area contributed by atoms with Gasteiger partial charge < -0.3 is 10.2 Å². The van der Waals surface area contributed by atoms with E-state index in [9.17, 15) is 4.79 Å². The molecule has 5 heteroatoms. The van der Waals surface area contributed by atoms with Gasteiger partial charge in [0.05, 0.1) is 12.2 Å². The van der Waals surface area contributed by atoms with Gasteiger partial charge >= 0.3 is 0 Å². The number of aliphatic imine (C=N–C) groups is 1. The second-order valence-electron chi connectivity index (χ2n) is 5.11. The summed E-state index contributed by atoms with van der Waals surface area (Å²) in [6.07, 6.45) is 0. The summed E-state index contributed by atoms with van der Waals surface area (Å²) in [6, 6.07) is 7.56. The zero-order chi connectivity index (χ0) is 15.8. The fourth-order valence-electron chi connectivity index (χ4n) is 1.76. The van der Waals surface area contributed by atoms with Crippen LogP contribution in [0.15, 0.2) is 29.3 Å². The second kappa shape index (κ2) is 8.42. The standard InChI is InChI=1S/C16H26N4O/c1-6-20(7-2)12-16(21)18-15-10-8-14(9-11-15)17-13(3)19(4)5/h8-11H,6-7,12H2,1-5H3,(H,18,21). The van der Waals surface area contributed by atoms with Crippen molar-refractivity contribution in [2.75, 3.05) is 39.0 Å². The minimum atomic E-state index is 0.0134. The molecule has 1 aromatic carbocycles. The summed E-state index contributed by atoms with van der Waals surface area (Å²) in [5.74, 6) is 0.952. The van der Waals surface area contributed by atoms with Crippen molar-refractivity contribution in [1.82, 2.24) is 9.80 Å². The Morgan fingerprint density at radius 1 is 1.14 bits per heavy atom. The average molecular weight is 290 g/mol. The zero-order valence-electron chi connectivity index (χ0n) is 13.7. The third-order valence-electron chi connectivity index (χ3n) is 3.35. The van der Waals surface area contributed by atoms with Crippen LogP contribution in [-0.2, 0) is 4.79 Å². The Hall–Kier alpha value is -1.88. The van der Waals surface area contributed by atoms with Gasteiger partial charge in [0, 0.05) is 19.8 Å². The maximum atomic E-state index is 11.9. The number of likely N-dealkylation sites (N-methyl/N-ethyl adjacent to an activating group) is 1. The molecule has 0 aliphatic carbocycles. The van der Waals surface area contributed by atoms with E-state index in [1.165, 1.54) is 0 Å². The van der Waals surface area contributed by atoms with E-state index in [2.05, 4.69) is 29.1 Å². The minimum absolute atomic E-state index is 0.0134. The van der Waals surface area contributed by atoms with Gasteiger partial charge in [-0.05, 0) is 44.3 Å². The Morgan fingerprint density at radius 3 is 2.19 bits per heavy atom. The van der Waals surface area contributed by atoms with Crippen molar-refractivity contribution in [3.05, 3.63) is 24.3 Å². The molecule has 1 N–H and O–H groups in total. The summed E-state index contributed by atoms with van der Waals surface area (Å²) in [4.78, 5) is 20.4. The first kappa shape index (κ1) is 17.2. The number of nitrogens with zero attached hydrogens (tertiary/aromatic N) is 3. The van der Waals surface area contributed by atoms with Crippen LogP contribution in [0.25, 0.3) is 0 Å². The zero-order valence-corrected chi connectivity index (χ0v) is 13.7. The van der Waals surface area contributed by atoms with Gasteiger partial charge in [-0.25, -0.2) is 4.99 Å². The molecule has 1 aromatic rings. The van der Waals surface area contributed by atoms with Crippen LogP contribution in [0.3, 0.4) is 0 Å². The summed E-state index contributed by atoms with van der Waals surface area (Å²) < 4.78 is 0. The van der Waals surface area contributed by atoms with E-state index in [1.54, 1.807) is 0 Å². The van der Waals surface area contributed by atoms with Crippen LogP contribution in [0.4, 0.5) is 11.4 Å². The second-order valence-corrected chi connectivity index (χ2v) is 5.11. The first-order valence-electron chi connectivity index (χ1n) is 7.31. The number of carbonyl (C=O) groups is 1. The van der Waals surface area contributed by atoms with Crippen molar-refractivity contribution in [1.29, 1.82) is 0 Å². The number of nitrogens with one attached hydrogen (secondary N) is 1. The molecule has 0 heterocycles. The minimum Gasteiger partial charge on any atom is -0.366 e. The highest BCUT2D eigenvalue weighted by Crippen LogP contribution is 2.16. The maximum absolute atomic E-state index is 11.9. The van der Waals surface area contributed by atoms with Crippen LogP contribution in [-0.4, -0.2) is 55.3 Å². The Balaban J connectivity index is 2.62. The Morgan fingerprint density at radius 2 is 1.71 bits per heavy atom. The number of amidine groups is 1. The van der Waals surface area contributed by atoms with Crippen LogP contribution >= 0.6 is 0 Å². The van der Waals surface area contributed by atoms with Crippen LogP contribution in [0, 0.1) is 0 Å². The van der Waals surface area contributed by atoms with Crippen molar-refractivity contribution >= 4 is 23.1 Å². The molecule has 0 fully saturated rings. The Kier molecular flexibility index (Phi) is 6.88. The molecule has 1 amide bonds. The molecule has 0 aliphatic heterocycles. The monoisotopic (exact) mass is 290 g/mol. The number of rotatable bonds is 6. The number of anilines is 1. The van der Waals surface area contributed by atoms with Crippen LogP contribution in [0.5, 0.6) is 0 Å². The maximum Gasteiger partial charge on any atom is 0.238 e. The number of amides is 1. The quantitative estimate of drug-likeness (QED) is 0.647. The first-order valence-corrected chi connectivity index (χ1v) is 7.31. The van der Waals surface area contributed by atoms with E-state index in [4.69, 9.17) is 0 Å². The Labute approximate surface area is 127 Å². The predicted molar refractivity (Wildman–Crippen MR) is 89.3 cm³/mol. The molecule has 0 spiro atoms. The molecule has 0 aromatic heterocycles. The summed E-state index contributed by atoms with van der Waals surface area (Å²) in [7, 11) is 3.92. The highest BCUT2D eigenvalue weighted by Gasteiger charge is 2.07. The predicted octanol–water partition coefficient (Wildman–Crippen LogP) is 2.58. The molecule has 0 bridgehead atoms. The highest BCUT2D eigenvalue weighted by atomic mass is 16.2. The lowest BCUT2D eigenvalue weighted by molar-refractivity contribution is -0.117. The number of hydrogen-bond donors (Lipinski definition) is 1. The normalized spacial score (nSPS) is 11.6. The molecule has 0 radical (unpaired) electrons. The molecule has 21 heavy (non-hydrogen) atoms. The van der Waals surface area contributed by atoms with Crippen molar-refractivity contribution in [3.63, 3.8) is 0 Å². The molecule has 0 unspecified atom stereocenters. The van der Waals surface area contributed by atoms with Crippen molar-refractivity contribution in [3.8, 4) is 0 Å². The van der Waals surface area contributed by atoms with Crippen molar-refractivity contribution in [2.24, 2.45) is 4.99 Å². The van der Waals surface area contributed by atoms with Gasteiger partial charge in [-0.3, -0.25) is 9.69 Å². The molecule has 0 saturated carbocycles. The smallest absolute Gasteiger partial charge is 0.238 e. The SMILES string of the molecule is CCN(CC)CC(=O)Nc1ccc(N=C(C)N(C)C)cc1. The fraction of sp³-hybridized carbons (Fsp3) is 0.500. The molecular weight excluding hydrogens is 264 g/mol. The van der Waals surface area contributed by atoms with Gasteiger partial charge in [0.15, 0.2) is 0 Å². The van der Waals surface area contributed by atoms with Gasteiger partial charge in [-0.1, -0.05) is 13.8 Å². The van der Waals surface area contributed by atoms with E-state index in [0.717, 1.165) is 30.3 Å². The summed E-state index contributed by atoms with van der Waals surface area (Å²) in [5, 5.41) is 2.90. The van der Waals surface area contributed by atoms with E-state index in [0.29, 0.717) is 6.54 Å². The Bertz CT molecular complexity index is 476. The third kappa shape index (κ3) is 5.95. The van der Waals surface area contributed by atoms with Gasteiger partial charge in [-0.2, -0.15) is 0 Å². The van der Waals surface area contributed by atoms with Crippen LogP contribution in [0.1, 0.15) is 20.8 Å². The van der Waals surface area contributed by atoms with Crippen LogP contribution in [0.2, 0.25) is 0 Å². The van der Waals surface area contributed by atoms with Gasteiger partial charge in [0.1, 0.15) is 5.84 Å². The molecular formula is C16H26N4O. The van der Waals surface area contributed by atoms with Crippen LogP contribution < -0.4 is 5.32 Å². The molecule has 0 aliphatic rings. The number of carbonyl (C=O) groups excluding carboxylic acids is 1. The molecule has 1 rings (SSSR count). The number of hydrogen-bond acceptors (Lipinski definition) is 3. The van der Waals surface area contributed by atoms with E-state index in [-0.39, 0.29) is 5.91 Å². The number of benzene rings is 1. The van der Waals surface area contributed by atoms with Gasteiger partial charge in [0.2, 0.25) is 5.91 Å². The summed E-state index contributed by atoms with van der Waals surface area (Å²) >= 11 is 0. The summed E-state index contributed by atoms with van der Waals surface area (Å²) in [6.45, 7) is 8.24. The molecule has 5 nitrogen and oxygen atoms in total. The highest BCUT2D eigenvalue weighted by molar-refractivity contribution is 5.92.